The van der Waals surface area contributed by atoms with E-state index in [1.54, 1.807) is 6.92 Å². The third kappa shape index (κ3) is 6.54. The number of carbonyl (C=O) groups is 2. The van der Waals surface area contributed by atoms with Crippen LogP contribution in [0.15, 0.2) is 0 Å². The molecule has 0 spiro atoms. The molecule has 2 fully saturated rings. The number of likely N-dealkylation sites (tertiary alicyclic amines) is 1. The third-order valence-corrected chi connectivity index (χ3v) is 5.85. The highest BCUT2D eigenvalue weighted by Crippen LogP contribution is 2.30. The lowest BCUT2D eigenvalue weighted by Gasteiger charge is -2.38. The van der Waals surface area contributed by atoms with E-state index in [9.17, 15) is 9.59 Å². The number of hydrogen-bond donors (Lipinski definition) is 2. The molecule has 26 heavy (non-hydrogen) atoms. The van der Waals surface area contributed by atoms with Gasteiger partial charge in [0.1, 0.15) is 0 Å². The zero-order chi connectivity index (χ0) is 19.4. The zero-order valence-corrected chi connectivity index (χ0v) is 17.2. The molecule has 0 aliphatic carbocycles. The van der Waals surface area contributed by atoms with Crippen molar-refractivity contribution in [3.8, 4) is 0 Å². The monoisotopic (exact) mass is 367 g/mol. The quantitative estimate of drug-likeness (QED) is 0.689. The van der Waals surface area contributed by atoms with Crippen LogP contribution in [0.2, 0.25) is 0 Å². The van der Waals surface area contributed by atoms with Crippen molar-refractivity contribution < 1.29 is 14.3 Å². The maximum atomic E-state index is 11.5. The summed E-state index contributed by atoms with van der Waals surface area (Å²) in [6.07, 6.45) is 4.62. The molecule has 2 aliphatic rings. The van der Waals surface area contributed by atoms with Gasteiger partial charge in [-0.15, -0.1) is 0 Å². The van der Waals surface area contributed by atoms with Crippen LogP contribution in [-0.4, -0.2) is 60.1 Å². The van der Waals surface area contributed by atoms with Crippen molar-refractivity contribution in [2.75, 3.05) is 26.2 Å². The van der Waals surface area contributed by atoms with E-state index >= 15 is 0 Å². The molecule has 0 aromatic carbocycles. The second kappa shape index (κ2) is 8.70. The minimum absolute atomic E-state index is 0.0561. The van der Waals surface area contributed by atoms with E-state index in [0.29, 0.717) is 18.9 Å². The van der Waals surface area contributed by atoms with Gasteiger partial charge in [-0.1, -0.05) is 0 Å². The van der Waals surface area contributed by atoms with Gasteiger partial charge in [-0.3, -0.25) is 14.5 Å². The molecule has 6 heteroatoms. The van der Waals surface area contributed by atoms with E-state index in [1.165, 1.54) is 0 Å². The summed E-state index contributed by atoms with van der Waals surface area (Å²) in [7, 11) is 0. The topological polar surface area (TPSA) is 70.7 Å². The molecule has 2 amide bonds. The van der Waals surface area contributed by atoms with Gasteiger partial charge >= 0.3 is 0 Å². The van der Waals surface area contributed by atoms with E-state index in [2.05, 4.69) is 43.2 Å². The van der Waals surface area contributed by atoms with Gasteiger partial charge in [0.15, 0.2) is 0 Å². The average Bonchev–Trinajstić information content (AvgIpc) is 3.00. The normalized spacial score (nSPS) is 25.2. The van der Waals surface area contributed by atoms with Crippen LogP contribution in [0.3, 0.4) is 0 Å². The molecule has 2 unspecified atom stereocenters. The molecule has 2 rings (SSSR count). The van der Waals surface area contributed by atoms with Crippen LogP contribution in [0, 0.1) is 5.92 Å². The summed E-state index contributed by atoms with van der Waals surface area (Å²) in [6.45, 7) is 13.8. The summed E-state index contributed by atoms with van der Waals surface area (Å²) in [5.41, 5.74) is -0.111. The van der Waals surface area contributed by atoms with E-state index < -0.39 is 0 Å². The molecule has 0 bridgehead atoms. The Morgan fingerprint density at radius 3 is 2.65 bits per heavy atom. The second-order valence-corrected chi connectivity index (χ2v) is 9.22. The summed E-state index contributed by atoms with van der Waals surface area (Å²) in [4.78, 5) is 25.2. The summed E-state index contributed by atoms with van der Waals surface area (Å²) in [6, 6.07) is 0.272. The van der Waals surface area contributed by atoms with E-state index in [-0.39, 0.29) is 29.0 Å². The number of nitrogens with zero attached hydrogens (tertiary/aromatic N) is 1. The highest BCUT2D eigenvalue weighted by molar-refractivity contribution is 5.76. The van der Waals surface area contributed by atoms with Gasteiger partial charge < -0.3 is 15.4 Å². The maximum Gasteiger partial charge on any atom is 0.220 e. The molecule has 0 saturated carbocycles. The highest BCUT2D eigenvalue weighted by Gasteiger charge is 2.35. The Morgan fingerprint density at radius 2 is 2.00 bits per heavy atom. The van der Waals surface area contributed by atoms with Crippen LogP contribution in [-0.2, 0) is 14.3 Å². The van der Waals surface area contributed by atoms with Crippen LogP contribution in [0.1, 0.15) is 66.7 Å². The first-order chi connectivity index (χ1) is 12.1. The van der Waals surface area contributed by atoms with Gasteiger partial charge in [-0.25, -0.2) is 0 Å². The molecular formula is C20H37N3O3. The van der Waals surface area contributed by atoms with E-state index in [0.717, 1.165) is 45.3 Å². The number of hydrogen-bond acceptors (Lipinski definition) is 4. The van der Waals surface area contributed by atoms with Crippen LogP contribution in [0.5, 0.6) is 0 Å². The van der Waals surface area contributed by atoms with Gasteiger partial charge in [-0.2, -0.15) is 0 Å². The first kappa shape index (κ1) is 21.2. The van der Waals surface area contributed by atoms with Crippen molar-refractivity contribution in [1.29, 1.82) is 0 Å². The van der Waals surface area contributed by atoms with Crippen LogP contribution in [0.4, 0.5) is 0 Å². The second-order valence-electron chi connectivity index (χ2n) is 9.22. The fourth-order valence-corrected chi connectivity index (χ4v) is 3.89. The first-order valence-electron chi connectivity index (χ1n) is 10.0. The Balaban J connectivity index is 1.76. The number of nitrogens with one attached hydrogen (secondary N) is 2. The SMILES string of the molecule is CC(=O)NC1CCN(C(C)(C)CCC(C)(C)OCC2CCNC(=O)C2)C1. The summed E-state index contributed by atoms with van der Waals surface area (Å²) in [5.74, 6) is 0.542. The minimum atomic E-state index is -0.193. The summed E-state index contributed by atoms with van der Waals surface area (Å²) in [5, 5.41) is 5.91. The number of ether oxygens (including phenoxy) is 1. The largest absolute Gasteiger partial charge is 0.375 e. The smallest absolute Gasteiger partial charge is 0.220 e. The number of piperidine rings is 1. The highest BCUT2D eigenvalue weighted by atomic mass is 16.5. The van der Waals surface area contributed by atoms with Gasteiger partial charge in [0.25, 0.3) is 0 Å². The van der Waals surface area contributed by atoms with Crippen molar-refractivity contribution >= 4 is 11.8 Å². The summed E-state index contributed by atoms with van der Waals surface area (Å²) >= 11 is 0. The molecule has 0 radical (unpaired) electrons. The molecule has 2 saturated heterocycles. The van der Waals surface area contributed by atoms with Crippen LogP contribution in [0.25, 0.3) is 0 Å². The molecule has 2 atom stereocenters. The van der Waals surface area contributed by atoms with Crippen molar-refractivity contribution in [3.63, 3.8) is 0 Å². The third-order valence-electron chi connectivity index (χ3n) is 5.85. The number of carbonyl (C=O) groups excluding carboxylic acids is 2. The minimum Gasteiger partial charge on any atom is -0.375 e. The molecular weight excluding hydrogens is 330 g/mol. The van der Waals surface area contributed by atoms with Crippen molar-refractivity contribution in [1.82, 2.24) is 15.5 Å². The Hall–Kier alpha value is -1.14. The Kier molecular flexibility index (Phi) is 7.08. The van der Waals surface area contributed by atoms with E-state index in [1.807, 2.05) is 0 Å². The number of amides is 2. The predicted molar refractivity (Wildman–Crippen MR) is 103 cm³/mol. The summed E-state index contributed by atoms with van der Waals surface area (Å²) < 4.78 is 6.19. The van der Waals surface area contributed by atoms with Gasteiger partial charge in [0, 0.05) is 44.6 Å². The van der Waals surface area contributed by atoms with Crippen molar-refractivity contribution in [2.24, 2.45) is 5.92 Å². The Labute approximate surface area is 158 Å². The maximum absolute atomic E-state index is 11.5. The lowest BCUT2D eigenvalue weighted by atomic mass is 9.90. The van der Waals surface area contributed by atoms with Crippen LogP contribution >= 0.6 is 0 Å². The molecule has 150 valence electrons. The Morgan fingerprint density at radius 1 is 1.27 bits per heavy atom. The molecule has 2 N–H and O–H groups in total. The molecule has 2 aliphatic heterocycles. The fraction of sp³-hybridized carbons (Fsp3) is 0.900. The average molecular weight is 368 g/mol. The van der Waals surface area contributed by atoms with Gasteiger partial charge in [0.05, 0.1) is 12.2 Å². The standard InChI is InChI=1S/C20H37N3O3/c1-15(24)22-17-7-11-23(13-17)19(2,3)8-9-20(4,5)26-14-16-6-10-21-18(25)12-16/h16-17H,6-14H2,1-5H3,(H,21,25)(H,22,24). The number of rotatable bonds is 8. The lowest BCUT2D eigenvalue weighted by molar-refractivity contribution is -0.125. The molecule has 2 heterocycles. The van der Waals surface area contributed by atoms with Gasteiger partial charge in [0.2, 0.25) is 11.8 Å². The molecule has 0 aromatic rings. The van der Waals surface area contributed by atoms with Crippen LogP contribution < -0.4 is 10.6 Å². The Bertz CT molecular complexity index is 505. The molecule has 0 aromatic heterocycles. The van der Waals surface area contributed by atoms with Crippen molar-refractivity contribution in [3.05, 3.63) is 0 Å². The fourth-order valence-electron chi connectivity index (χ4n) is 3.89. The van der Waals surface area contributed by atoms with Gasteiger partial charge in [-0.05, 0) is 59.3 Å². The predicted octanol–water partition coefficient (Wildman–Crippen LogP) is 2.08. The van der Waals surface area contributed by atoms with Crippen molar-refractivity contribution in [2.45, 2.75) is 83.9 Å². The zero-order valence-electron chi connectivity index (χ0n) is 17.2. The lowest BCUT2D eigenvalue weighted by Crippen LogP contribution is -2.46. The molecule has 6 nitrogen and oxygen atoms in total. The van der Waals surface area contributed by atoms with E-state index in [4.69, 9.17) is 4.74 Å². The first-order valence-corrected chi connectivity index (χ1v) is 10.0.